The Morgan fingerprint density at radius 3 is 2.47 bits per heavy atom. The van der Waals surface area contributed by atoms with Crippen LogP contribution in [0.4, 0.5) is 0 Å². The van der Waals surface area contributed by atoms with Gasteiger partial charge in [-0.15, -0.1) is 12.4 Å². The number of piperidine rings is 1. The molecule has 0 saturated carbocycles. The number of nitrogens with zero attached hydrogens (tertiary/aromatic N) is 2. The third kappa shape index (κ3) is 3.12. The molecule has 2 aliphatic rings. The number of nitrogens with one attached hydrogen (secondary N) is 1. The van der Waals surface area contributed by atoms with Crippen LogP contribution in [0.3, 0.4) is 0 Å². The highest BCUT2D eigenvalue weighted by atomic mass is 35.5. The van der Waals surface area contributed by atoms with E-state index in [1.807, 2.05) is 0 Å². The molecule has 2 rings (SSSR count). The Hall–Kier alpha value is 0.120. The molecule has 0 spiro atoms. The molecule has 2 saturated heterocycles. The summed E-state index contributed by atoms with van der Waals surface area (Å²) >= 11 is 0. The highest BCUT2D eigenvalue weighted by molar-refractivity contribution is 7.86. The monoisotopic (exact) mass is 283 g/mol. The molecule has 0 aromatic carbocycles. The lowest BCUT2D eigenvalue weighted by Crippen LogP contribution is -2.60. The van der Waals surface area contributed by atoms with Crippen molar-refractivity contribution in [2.75, 3.05) is 33.2 Å². The van der Waals surface area contributed by atoms with E-state index in [9.17, 15) is 8.42 Å². The second kappa shape index (κ2) is 5.84. The van der Waals surface area contributed by atoms with Crippen LogP contribution in [0, 0.1) is 5.92 Å². The number of likely N-dealkylation sites (N-methyl/N-ethyl adjacent to an activating group) is 1. The van der Waals surface area contributed by atoms with Crippen LogP contribution < -0.4 is 5.32 Å². The zero-order valence-corrected chi connectivity index (χ0v) is 12.1. The molecular weight excluding hydrogens is 262 g/mol. The minimum atomic E-state index is -3.23. The maximum Gasteiger partial charge on any atom is 0.282 e. The van der Waals surface area contributed by atoms with Crippen LogP contribution in [0.5, 0.6) is 0 Å². The molecule has 5 nitrogen and oxygen atoms in total. The first-order chi connectivity index (χ1) is 7.51. The van der Waals surface area contributed by atoms with Gasteiger partial charge in [0.05, 0.1) is 6.04 Å². The summed E-state index contributed by atoms with van der Waals surface area (Å²) in [6.45, 7) is 5.02. The molecule has 1 unspecified atom stereocenters. The second-order valence-corrected chi connectivity index (χ2v) is 6.93. The van der Waals surface area contributed by atoms with Gasteiger partial charge < -0.3 is 5.32 Å². The molecule has 1 atom stereocenters. The molecule has 102 valence electrons. The van der Waals surface area contributed by atoms with Gasteiger partial charge in [-0.25, -0.2) is 0 Å². The fourth-order valence-corrected chi connectivity index (χ4v) is 3.95. The standard InChI is InChI=1S/C10H21N3O2S.ClH/c1-9-4-3-5-13(8-9)16(14,15)12(2)10-6-11-7-10;/h9-11H,3-8H2,1-2H3;1H. The Bertz CT molecular complexity index is 345. The summed E-state index contributed by atoms with van der Waals surface area (Å²) in [4.78, 5) is 0. The van der Waals surface area contributed by atoms with E-state index in [1.165, 1.54) is 4.31 Å². The van der Waals surface area contributed by atoms with Gasteiger partial charge in [-0.3, -0.25) is 0 Å². The molecule has 1 N–H and O–H groups in total. The van der Waals surface area contributed by atoms with Crippen molar-refractivity contribution in [3.8, 4) is 0 Å². The zero-order chi connectivity index (χ0) is 11.8. The zero-order valence-electron chi connectivity index (χ0n) is 10.4. The Morgan fingerprint density at radius 2 is 2.00 bits per heavy atom. The van der Waals surface area contributed by atoms with E-state index in [2.05, 4.69) is 12.2 Å². The topological polar surface area (TPSA) is 52.7 Å². The summed E-state index contributed by atoms with van der Waals surface area (Å²) in [6, 6.07) is 0.141. The largest absolute Gasteiger partial charge is 0.313 e. The Morgan fingerprint density at radius 1 is 1.35 bits per heavy atom. The van der Waals surface area contributed by atoms with E-state index in [0.29, 0.717) is 19.0 Å². The van der Waals surface area contributed by atoms with E-state index in [-0.39, 0.29) is 18.4 Å². The normalized spacial score (nSPS) is 27.6. The third-order valence-electron chi connectivity index (χ3n) is 3.58. The van der Waals surface area contributed by atoms with E-state index in [1.54, 1.807) is 11.4 Å². The predicted molar refractivity (Wildman–Crippen MR) is 70.6 cm³/mol. The average Bonchev–Trinajstić information content (AvgIpc) is 2.15. The average molecular weight is 284 g/mol. The molecule has 0 bridgehead atoms. The lowest BCUT2D eigenvalue weighted by atomic mass is 10.0. The molecular formula is C10H22ClN3O2S. The smallest absolute Gasteiger partial charge is 0.282 e. The van der Waals surface area contributed by atoms with E-state index in [4.69, 9.17) is 0 Å². The fourth-order valence-electron chi connectivity index (χ4n) is 2.26. The summed E-state index contributed by atoms with van der Waals surface area (Å²) in [5.74, 6) is 0.483. The Labute approximate surface area is 110 Å². The van der Waals surface area contributed by atoms with Gasteiger partial charge >= 0.3 is 0 Å². The Balaban J connectivity index is 0.00000144. The van der Waals surface area contributed by atoms with Crippen LogP contribution >= 0.6 is 12.4 Å². The predicted octanol–water partition coefficient (Wildman–Crippen LogP) is 0.288. The molecule has 7 heteroatoms. The van der Waals surface area contributed by atoms with Gasteiger partial charge in [0.15, 0.2) is 0 Å². The number of hydrogen-bond donors (Lipinski definition) is 1. The van der Waals surface area contributed by atoms with Crippen molar-refractivity contribution in [1.29, 1.82) is 0 Å². The quantitative estimate of drug-likeness (QED) is 0.810. The van der Waals surface area contributed by atoms with Gasteiger partial charge in [-0.1, -0.05) is 6.92 Å². The summed E-state index contributed by atoms with van der Waals surface area (Å²) in [6.07, 6.45) is 2.12. The van der Waals surface area contributed by atoms with Crippen molar-refractivity contribution in [3.63, 3.8) is 0 Å². The summed E-state index contributed by atoms with van der Waals surface area (Å²) in [5.41, 5.74) is 0. The first-order valence-electron chi connectivity index (χ1n) is 5.95. The number of hydrogen-bond acceptors (Lipinski definition) is 3. The van der Waals surface area contributed by atoms with Crippen molar-refractivity contribution < 1.29 is 8.42 Å². The van der Waals surface area contributed by atoms with Crippen molar-refractivity contribution in [2.45, 2.75) is 25.8 Å². The second-order valence-electron chi connectivity index (χ2n) is 4.94. The summed E-state index contributed by atoms with van der Waals surface area (Å²) in [5, 5.41) is 3.10. The summed E-state index contributed by atoms with van der Waals surface area (Å²) < 4.78 is 27.7. The molecule has 0 radical (unpaired) electrons. The number of halogens is 1. The molecule has 0 aliphatic carbocycles. The van der Waals surface area contributed by atoms with E-state index in [0.717, 1.165) is 25.9 Å². The van der Waals surface area contributed by atoms with E-state index < -0.39 is 10.2 Å². The fraction of sp³-hybridized carbons (Fsp3) is 1.00. The molecule has 0 amide bonds. The van der Waals surface area contributed by atoms with Gasteiger partial charge in [-0.05, 0) is 18.8 Å². The SMILES string of the molecule is CC1CCCN(S(=O)(=O)N(C)C2CNC2)C1.Cl. The minimum Gasteiger partial charge on any atom is -0.313 e. The van der Waals surface area contributed by atoms with Crippen LogP contribution in [-0.2, 0) is 10.2 Å². The first-order valence-corrected chi connectivity index (χ1v) is 7.35. The Kier molecular flexibility index (Phi) is 5.21. The minimum absolute atomic E-state index is 0. The van der Waals surface area contributed by atoms with Crippen molar-refractivity contribution in [3.05, 3.63) is 0 Å². The number of rotatable bonds is 3. The maximum atomic E-state index is 12.3. The first kappa shape index (κ1) is 15.2. The lowest BCUT2D eigenvalue weighted by Gasteiger charge is -2.39. The molecule has 0 aromatic heterocycles. The molecule has 17 heavy (non-hydrogen) atoms. The van der Waals surface area contributed by atoms with Crippen LogP contribution in [-0.4, -0.2) is 56.3 Å². The third-order valence-corrected chi connectivity index (χ3v) is 5.59. The van der Waals surface area contributed by atoms with Crippen molar-refractivity contribution >= 4 is 22.6 Å². The van der Waals surface area contributed by atoms with Gasteiger partial charge in [-0.2, -0.15) is 17.0 Å². The van der Waals surface area contributed by atoms with Gasteiger partial charge in [0, 0.05) is 33.2 Å². The van der Waals surface area contributed by atoms with Gasteiger partial charge in [0.2, 0.25) is 0 Å². The molecule has 2 fully saturated rings. The van der Waals surface area contributed by atoms with Crippen molar-refractivity contribution in [2.24, 2.45) is 5.92 Å². The highest BCUT2D eigenvalue weighted by Crippen LogP contribution is 2.21. The van der Waals surface area contributed by atoms with Crippen LogP contribution in [0.2, 0.25) is 0 Å². The highest BCUT2D eigenvalue weighted by Gasteiger charge is 2.36. The van der Waals surface area contributed by atoms with Gasteiger partial charge in [0.25, 0.3) is 10.2 Å². The van der Waals surface area contributed by atoms with Crippen LogP contribution in [0.15, 0.2) is 0 Å². The maximum absolute atomic E-state index is 12.3. The van der Waals surface area contributed by atoms with E-state index >= 15 is 0 Å². The van der Waals surface area contributed by atoms with Gasteiger partial charge in [0.1, 0.15) is 0 Å². The van der Waals surface area contributed by atoms with Crippen LogP contribution in [0.25, 0.3) is 0 Å². The summed E-state index contributed by atoms with van der Waals surface area (Å²) in [7, 11) is -1.53. The van der Waals surface area contributed by atoms with Crippen molar-refractivity contribution in [1.82, 2.24) is 13.9 Å². The van der Waals surface area contributed by atoms with Crippen LogP contribution in [0.1, 0.15) is 19.8 Å². The lowest BCUT2D eigenvalue weighted by molar-refractivity contribution is 0.226. The molecule has 0 aromatic rings. The molecule has 2 aliphatic heterocycles. The molecule has 2 heterocycles.